The van der Waals surface area contributed by atoms with Crippen LogP contribution in [-0.4, -0.2) is 34.7 Å². The van der Waals surface area contributed by atoms with E-state index in [-0.39, 0.29) is 11.7 Å². The highest BCUT2D eigenvalue weighted by molar-refractivity contribution is 9.10. The number of nitrogens with two attached hydrogens (primary N) is 1. The van der Waals surface area contributed by atoms with Crippen LogP contribution in [0.4, 0.5) is 5.13 Å². The number of nitrogens with one attached hydrogen (secondary N) is 1. The molecule has 1 heterocycles. The van der Waals surface area contributed by atoms with Gasteiger partial charge >= 0.3 is 0 Å². The zero-order valence-electron chi connectivity index (χ0n) is 13.6. The number of hydrazone groups is 1. The van der Waals surface area contributed by atoms with Gasteiger partial charge in [0.1, 0.15) is 5.75 Å². The summed E-state index contributed by atoms with van der Waals surface area (Å²) in [6.45, 7) is 2.75. The van der Waals surface area contributed by atoms with E-state index < -0.39 is 0 Å². The smallest absolute Gasteiger partial charge is 0.250 e. The SMILES string of the molecule is CCCCOc1ccc(Br)cc1C=NNC(=O)CSc1nnc(N)s1. The van der Waals surface area contributed by atoms with E-state index in [4.69, 9.17) is 10.5 Å². The minimum Gasteiger partial charge on any atom is -0.493 e. The number of carbonyl (C=O) groups is 1. The number of nitrogen functional groups attached to an aromatic ring is 1. The van der Waals surface area contributed by atoms with Gasteiger partial charge in [0.2, 0.25) is 5.13 Å². The highest BCUT2D eigenvalue weighted by Crippen LogP contribution is 2.23. The van der Waals surface area contributed by atoms with E-state index in [1.165, 1.54) is 23.1 Å². The lowest BCUT2D eigenvalue weighted by atomic mass is 10.2. The molecule has 0 unspecified atom stereocenters. The van der Waals surface area contributed by atoms with Crippen LogP contribution in [0.25, 0.3) is 0 Å². The van der Waals surface area contributed by atoms with Crippen molar-refractivity contribution < 1.29 is 9.53 Å². The number of carbonyl (C=O) groups excluding carboxylic acids is 1. The summed E-state index contributed by atoms with van der Waals surface area (Å²) in [5, 5.41) is 11.9. The van der Waals surface area contributed by atoms with Crippen LogP contribution in [0.15, 0.2) is 32.1 Å². The van der Waals surface area contributed by atoms with Crippen LogP contribution >= 0.6 is 39.0 Å². The van der Waals surface area contributed by atoms with Crippen molar-refractivity contribution in [2.45, 2.75) is 24.1 Å². The van der Waals surface area contributed by atoms with Gasteiger partial charge in [0.05, 0.1) is 18.6 Å². The third-order valence-electron chi connectivity index (χ3n) is 2.87. The van der Waals surface area contributed by atoms with Crippen molar-refractivity contribution in [2.75, 3.05) is 18.1 Å². The van der Waals surface area contributed by atoms with Crippen LogP contribution in [0.2, 0.25) is 0 Å². The molecule has 1 aromatic heterocycles. The molecule has 1 aromatic carbocycles. The number of hydrogen-bond acceptors (Lipinski definition) is 8. The molecule has 0 saturated heterocycles. The molecule has 0 fully saturated rings. The van der Waals surface area contributed by atoms with E-state index in [2.05, 4.69) is 43.6 Å². The van der Waals surface area contributed by atoms with Crippen molar-refractivity contribution >= 4 is 56.3 Å². The minimum atomic E-state index is -0.238. The second-order valence-electron chi connectivity index (χ2n) is 4.87. The Morgan fingerprint density at radius 2 is 2.36 bits per heavy atom. The Morgan fingerprint density at radius 3 is 3.08 bits per heavy atom. The lowest BCUT2D eigenvalue weighted by molar-refractivity contribution is -0.118. The second kappa shape index (κ2) is 10.4. The summed E-state index contributed by atoms with van der Waals surface area (Å²) >= 11 is 5.93. The summed E-state index contributed by atoms with van der Waals surface area (Å²) in [6, 6.07) is 5.66. The molecule has 25 heavy (non-hydrogen) atoms. The number of halogens is 1. The molecule has 3 N–H and O–H groups in total. The summed E-state index contributed by atoms with van der Waals surface area (Å²) in [6.07, 6.45) is 3.61. The number of thioether (sulfide) groups is 1. The van der Waals surface area contributed by atoms with Crippen molar-refractivity contribution in [3.05, 3.63) is 28.2 Å². The van der Waals surface area contributed by atoms with Gasteiger partial charge in [0, 0.05) is 10.0 Å². The molecule has 0 spiro atoms. The van der Waals surface area contributed by atoms with Gasteiger partial charge in [-0.1, -0.05) is 52.4 Å². The second-order valence-corrected chi connectivity index (χ2v) is 8.02. The van der Waals surface area contributed by atoms with Gasteiger partial charge in [-0.05, 0) is 24.6 Å². The number of ether oxygens (including phenoxy) is 1. The molecule has 0 bridgehead atoms. The van der Waals surface area contributed by atoms with E-state index in [1.54, 1.807) is 6.21 Å². The molecular formula is C15H18BrN5O2S2. The van der Waals surface area contributed by atoms with Crippen LogP contribution in [0.3, 0.4) is 0 Å². The van der Waals surface area contributed by atoms with Gasteiger partial charge < -0.3 is 10.5 Å². The minimum absolute atomic E-state index is 0.185. The predicted molar refractivity (Wildman–Crippen MR) is 105 cm³/mol. The highest BCUT2D eigenvalue weighted by Gasteiger charge is 2.06. The summed E-state index contributed by atoms with van der Waals surface area (Å²) < 4.78 is 7.30. The Labute approximate surface area is 162 Å². The Balaban J connectivity index is 1.87. The molecule has 7 nitrogen and oxygen atoms in total. The number of hydrogen-bond donors (Lipinski definition) is 2. The van der Waals surface area contributed by atoms with Gasteiger partial charge in [-0.2, -0.15) is 5.10 Å². The maximum atomic E-state index is 11.8. The first-order valence-corrected chi connectivity index (χ1v) is 10.1. The van der Waals surface area contributed by atoms with Crippen LogP contribution < -0.4 is 15.9 Å². The molecule has 0 atom stereocenters. The Morgan fingerprint density at radius 1 is 1.52 bits per heavy atom. The average molecular weight is 444 g/mol. The third kappa shape index (κ3) is 7.00. The molecule has 1 amide bonds. The van der Waals surface area contributed by atoms with Gasteiger partial charge in [-0.15, -0.1) is 10.2 Å². The van der Waals surface area contributed by atoms with E-state index in [0.717, 1.165) is 28.6 Å². The number of unbranched alkanes of at least 4 members (excludes halogenated alkanes) is 1. The van der Waals surface area contributed by atoms with Gasteiger partial charge in [-0.25, -0.2) is 5.43 Å². The number of anilines is 1. The predicted octanol–water partition coefficient (Wildman–Crippen LogP) is 3.30. The first-order valence-electron chi connectivity index (χ1n) is 7.54. The number of aromatic nitrogens is 2. The van der Waals surface area contributed by atoms with Crippen LogP contribution in [0.1, 0.15) is 25.3 Å². The fraction of sp³-hybridized carbons (Fsp3) is 0.333. The molecule has 0 aliphatic rings. The topological polar surface area (TPSA) is 102 Å². The number of amides is 1. The van der Waals surface area contributed by atoms with Crippen LogP contribution in [0, 0.1) is 0 Å². The van der Waals surface area contributed by atoms with Gasteiger partial charge in [-0.3, -0.25) is 4.79 Å². The maximum absolute atomic E-state index is 11.8. The van der Waals surface area contributed by atoms with Crippen molar-refractivity contribution in [1.29, 1.82) is 0 Å². The van der Waals surface area contributed by atoms with Crippen molar-refractivity contribution in [1.82, 2.24) is 15.6 Å². The largest absolute Gasteiger partial charge is 0.493 e. The summed E-state index contributed by atoms with van der Waals surface area (Å²) in [4.78, 5) is 11.8. The summed E-state index contributed by atoms with van der Waals surface area (Å²) in [5.74, 6) is 0.677. The van der Waals surface area contributed by atoms with Crippen molar-refractivity contribution in [2.24, 2.45) is 5.10 Å². The summed E-state index contributed by atoms with van der Waals surface area (Å²) in [7, 11) is 0. The number of rotatable bonds is 9. The van der Waals surface area contributed by atoms with E-state index >= 15 is 0 Å². The van der Waals surface area contributed by atoms with Crippen molar-refractivity contribution in [3.63, 3.8) is 0 Å². The first kappa shape index (κ1) is 19.7. The first-order chi connectivity index (χ1) is 12.1. The highest BCUT2D eigenvalue weighted by atomic mass is 79.9. The molecule has 134 valence electrons. The average Bonchev–Trinajstić information content (AvgIpc) is 3.00. The molecule has 2 rings (SSSR count). The molecule has 0 radical (unpaired) electrons. The van der Waals surface area contributed by atoms with E-state index in [0.29, 0.717) is 16.1 Å². The quantitative estimate of drug-likeness (QED) is 0.266. The zero-order chi connectivity index (χ0) is 18.1. The molecule has 2 aromatic rings. The Hall–Kier alpha value is -1.65. The number of nitrogens with zero attached hydrogens (tertiary/aromatic N) is 3. The fourth-order valence-corrected chi connectivity index (χ4v) is 3.50. The molecular weight excluding hydrogens is 426 g/mol. The Kier molecular flexibility index (Phi) is 8.16. The lowest BCUT2D eigenvalue weighted by Crippen LogP contribution is -2.19. The Bertz CT molecular complexity index is 738. The summed E-state index contributed by atoms with van der Waals surface area (Å²) in [5.41, 5.74) is 8.76. The van der Waals surface area contributed by atoms with Crippen LogP contribution in [-0.2, 0) is 4.79 Å². The van der Waals surface area contributed by atoms with Crippen LogP contribution in [0.5, 0.6) is 5.75 Å². The van der Waals surface area contributed by atoms with Gasteiger partial charge in [0.15, 0.2) is 4.34 Å². The molecule has 0 aliphatic carbocycles. The molecule has 0 aliphatic heterocycles. The van der Waals surface area contributed by atoms with Gasteiger partial charge in [0.25, 0.3) is 5.91 Å². The van der Waals surface area contributed by atoms with E-state index in [9.17, 15) is 4.79 Å². The lowest BCUT2D eigenvalue weighted by Gasteiger charge is -2.08. The fourth-order valence-electron chi connectivity index (χ4n) is 1.69. The number of benzene rings is 1. The maximum Gasteiger partial charge on any atom is 0.250 e. The standard InChI is InChI=1S/C15H18BrN5O2S2/c1-2-3-6-23-12-5-4-11(16)7-10(12)8-18-19-13(22)9-24-15-21-20-14(17)25-15/h4-5,7-8H,2-3,6,9H2,1H3,(H2,17,20)(H,19,22). The molecule has 0 saturated carbocycles. The monoisotopic (exact) mass is 443 g/mol. The third-order valence-corrected chi connectivity index (χ3v) is 5.25. The van der Waals surface area contributed by atoms with E-state index in [1.807, 2.05) is 18.2 Å². The molecule has 10 heteroatoms. The zero-order valence-corrected chi connectivity index (χ0v) is 16.8. The normalized spacial score (nSPS) is 11.0. The van der Waals surface area contributed by atoms with Crippen molar-refractivity contribution in [3.8, 4) is 5.75 Å².